The van der Waals surface area contributed by atoms with Crippen LogP contribution >= 0.6 is 0 Å². The van der Waals surface area contributed by atoms with Crippen LogP contribution in [0.4, 0.5) is 22.7 Å². The largest absolute Gasteiger partial charge is 0.394 e. The van der Waals surface area contributed by atoms with Gasteiger partial charge in [-0.15, -0.1) is 5.11 Å². The van der Waals surface area contributed by atoms with Crippen LogP contribution in [0, 0.1) is 10.1 Å². The summed E-state index contributed by atoms with van der Waals surface area (Å²) in [7, 11) is 0. The summed E-state index contributed by atoms with van der Waals surface area (Å²) in [5.74, 6) is 0. The van der Waals surface area contributed by atoms with Gasteiger partial charge in [0.05, 0.1) is 40.5 Å². The first-order valence-electron chi connectivity index (χ1n) is 11.3. The fourth-order valence-electron chi connectivity index (χ4n) is 3.46. The van der Waals surface area contributed by atoms with Gasteiger partial charge in [0.2, 0.25) is 0 Å². The molecular formula is C25H29N5O5. The molecule has 35 heavy (non-hydrogen) atoms. The van der Waals surface area contributed by atoms with Gasteiger partial charge >= 0.3 is 0 Å². The van der Waals surface area contributed by atoms with Crippen molar-refractivity contribution in [2.45, 2.75) is 20.3 Å². The second-order valence-corrected chi connectivity index (χ2v) is 7.65. The summed E-state index contributed by atoms with van der Waals surface area (Å²) in [6.45, 7) is 5.91. The Labute approximate surface area is 203 Å². The summed E-state index contributed by atoms with van der Waals surface area (Å²) in [4.78, 5) is 18.5. The van der Waals surface area contributed by atoms with E-state index < -0.39 is 4.92 Å². The van der Waals surface area contributed by atoms with Crippen LogP contribution in [-0.4, -0.2) is 48.8 Å². The fraction of sp³-hybridized carbons (Fsp3) is 0.320. The molecular weight excluding hydrogens is 450 g/mol. The Hall–Kier alpha value is -3.89. The SMILES string of the molecule is CCN(CCO/N=C(\C)CCOCO)c1ccc(/N=N\c2ccc([N+](=O)[O-])c3ccccc23)cc1. The number of nitro benzene ring substituents is 1. The zero-order chi connectivity index (χ0) is 25.0. The first kappa shape index (κ1) is 25.7. The number of benzene rings is 3. The van der Waals surface area contributed by atoms with Gasteiger partial charge < -0.3 is 19.6 Å². The zero-order valence-electron chi connectivity index (χ0n) is 19.8. The molecule has 0 fully saturated rings. The lowest BCUT2D eigenvalue weighted by Gasteiger charge is -2.22. The number of likely N-dealkylation sites (N-methyl/N-ethyl adjacent to an activating group) is 1. The van der Waals surface area contributed by atoms with Crippen LogP contribution in [0.2, 0.25) is 0 Å². The van der Waals surface area contributed by atoms with E-state index in [0.717, 1.165) is 17.9 Å². The van der Waals surface area contributed by atoms with Crippen molar-refractivity contribution in [1.82, 2.24) is 0 Å². The molecule has 3 aromatic carbocycles. The highest BCUT2D eigenvalue weighted by Crippen LogP contribution is 2.34. The molecule has 184 valence electrons. The van der Waals surface area contributed by atoms with Crippen molar-refractivity contribution in [3.8, 4) is 0 Å². The first-order valence-corrected chi connectivity index (χ1v) is 11.3. The van der Waals surface area contributed by atoms with Gasteiger partial charge in [-0.25, -0.2) is 0 Å². The van der Waals surface area contributed by atoms with Gasteiger partial charge in [0.25, 0.3) is 5.69 Å². The lowest BCUT2D eigenvalue weighted by Crippen LogP contribution is -2.26. The fourth-order valence-corrected chi connectivity index (χ4v) is 3.46. The quantitative estimate of drug-likeness (QED) is 0.0833. The smallest absolute Gasteiger partial charge is 0.277 e. The molecule has 0 saturated heterocycles. The molecule has 0 atom stereocenters. The van der Waals surface area contributed by atoms with E-state index in [0.29, 0.717) is 48.3 Å². The maximum atomic E-state index is 11.3. The van der Waals surface area contributed by atoms with Crippen molar-refractivity contribution < 1.29 is 19.6 Å². The second kappa shape index (κ2) is 13.1. The summed E-state index contributed by atoms with van der Waals surface area (Å²) in [5.41, 5.74) is 3.11. The lowest BCUT2D eigenvalue weighted by atomic mass is 10.1. The molecule has 10 heteroatoms. The minimum absolute atomic E-state index is 0.0455. The van der Waals surface area contributed by atoms with E-state index in [1.54, 1.807) is 24.3 Å². The number of fused-ring (bicyclic) bond motifs is 1. The van der Waals surface area contributed by atoms with E-state index in [1.165, 1.54) is 6.07 Å². The van der Waals surface area contributed by atoms with E-state index in [4.69, 9.17) is 14.7 Å². The highest BCUT2D eigenvalue weighted by atomic mass is 16.6. The molecule has 3 aromatic rings. The Morgan fingerprint density at radius 2 is 1.77 bits per heavy atom. The molecule has 0 amide bonds. The molecule has 0 aliphatic carbocycles. The monoisotopic (exact) mass is 479 g/mol. The van der Waals surface area contributed by atoms with Crippen LogP contribution in [0.5, 0.6) is 0 Å². The summed E-state index contributed by atoms with van der Waals surface area (Å²) in [5, 5.41) is 33.9. The second-order valence-electron chi connectivity index (χ2n) is 7.65. The van der Waals surface area contributed by atoms with Crippen LogP contribution in [0.3, 0.4) is 0 Å². The maximum absolute atomic E-state index is 11.3. The van der Waals surface area contributed by atoms with Crippen molar-refractivity contribution in [3.63, 3.8) is 0 Å². The molecule has 0 aromatic heterocycles. The minimum atomic E-state index is -0.395. The number of aliphatic hydroxyl groups excluding tert-OH is 1. The Bertz CT molecular complexity index is 1180. The zero-order valence-corrected chi connectivity index (χ0v) is 19.8. The summed E-state index contributed by atoms with van der Waals surface area (Å²) in [6, 6.07) is 17.8. The Balaban J connectivity index is 1.62. The molecule has 0 heterocycles. The lowest BCUT2D eigenvalue weighted by molar-refractivity contribution is -0.383. The van der Waals surface area contributed by atoms with Gasteiger partial charge in [-0.2, -0.15) is 5.11 Å². The molecule has 0 bridgehead atoms. The average molecular weight is 480 g/mol. The Morgan fingerprint density at radius 3 is 2.46 bits per heavy atom. The van der Waals surface area contributed by atoms with Gasteiger partial charge in [-0.1, -0.05) is 23.4 Å². The standard InChI is InChI=1S/C25H29N5O5/c1-3-29(15-17-35-28-19(2)14-16-34-18-31)21-10-8-20(9-11-21)26-27-24-12-13-25(30(32)33)23-7-5-4-6-22(23)24/h4-13,31H,3,14-18H2,1-2H3/b27-26-,28-19+. The third-order valence-corrected chi connectivity index (χ3v) is 5.32. The van der Waals surface area contributed by atoms with Crippen LogP contribution in [-0.2, 0) is 9.57 Å². The van der Waals surface area contributed by atoms with Crippen molar-refractivity contribution >= 4 is 39.2 Å². The van der Waals surface area contributed by atoms with Crippen molar-refractivity contribution in [1.29, 1.82) is 0 Å². The number of nitro groups is 1. The van der Waals surface area contributed by atoms with Crippen LogP contribution in [0.25, 0.3) is 10.8 Å². The van der Waals surface area contributed by atoms with E-state index >= 15 is 0 Å². The third kappa shape index (κ3) is 7.29. The maximum Gasteiger partial charge on any atom is 0.277 e. The van der Waals surface area contributed by atoms with Crippen molar-refractivity contribution in [2.75, 3.05) is 38.0 Å². The van der Waals surface area contributed by atoms with Gasteiger partial charge in [-0.3, -0.25) is 10.1 Å². The van der Waals surface area contributed by atoms with E-state index in [1.807, 2.05) is 37.3 Å². The number of hydrogen-bond donors (Lipinski definition) is 1. The number of anilines is 1. The molecule has 0 unspecified atom stereocenters. The third-order valence-electron chi connectivity index (χ3n) is 5.32. The number of azo groups is 1. The van der Waals surface area contributed by atoms with Crippen LogP contribution in [0.1, 0.15) is 20.3 Å². The predicted octanol–water partition coefficient (Wildman–Crippen LogP) is 5.74. The summed E-state index contributed by atoms with van der Waals surface area (Å²) in [6.07, 6.45) is 0.601. The molecule has 0 aliphatic heterocycles. The topological polar surface area (TPSA) is 122 Å². The number of aliphatic hydroxyl groups is 1. The van der Waals surface area contributed by atoms with Crippen molar-refractivity contribution in [3.05, 3.63) is 70.8 Å². The molecule has 0 aliphatic rings. The minimum Gasteiger partial charge on any atom is -0.394 e. The van der Waals surface area contributed by atoms with Gasteiger partial charge in [0.15, 0.2) is 0 Å². The molecule has 10 nitrogen and oxygen atoms in total. The predicted molar refractivity (Wildman–Crippen MR) is 136 cm³/mol. The number of rotatable bonds is 13. The van der Waals surface area contributed by atoms with Gasteiger partial charge in [0, 0.05) is 30.1 Å². The van der Waals surface area contributed by atoms with Crippen molar-refractivity contribution in [2.24, 2.45) is 15.4 Å². The number of nitrogens with zero attached hydrogens (tertiary/aromatic N) is 5. The molecule has 3 rings (SSSR count). The summed E-state index contributed by atoms with van der Waals surface area (Å²) >= 11 is 0. The van der Waals surface area contributed by atoms with E-state index in [2.05, 4.69) is 27.2 Å². The van der Waals surface area contributed by atoms with E-state index in [-0.39, 0.29) is 12.5 Å². The van der Waals surface area contributed by atoms with E-state index in [9.17, 15) is 10.1 Å². The van der Waals surface area contributed by atoms with Gasteiger partial charge in [-0.05, 0) is 50.2 Å². The average Bonchev–Trinajstić information content (AvgIpc) is 2.87. The Kier molecular flexibility index (Phi) is 9.64. The van der Waals surface area contributed by atoms with Crippen LogP contribution < -0.4 is 4.90 Å². The molecule has 1 N–H and O–H groups in total. The molecule has 0 saturated carbocycles. The normalized spacial score (nSPS) is 11.8. The number of non-ortho nitro benzene ring substituents is 1. The highest BCUT2D eigenvalue weighted by molar-refractivity contribution is 5.98. The number of oxime groups is 1. The number of ether oxygens (including phenoxy) is 1. The molecule has 0 spiro atoms. The highest BCUT2D eigenvalue weighted by Gasteiger charge is 2.13. The Morgan fingerprint density at radius 1 is 1.03 bits per heavy atom. The van der Waals surface area contributed by atoms with Crippen LogP contribution in [0.15, 0.2) is 76.0 Å². The molecule has 0 radical (unpaired) electrons. The van der Waals surface area contributed by atoms with Gasteiger partial charge in [0.1, 0.15) is 13.4 Å². The summed E-state index contributed by atoms with van der Waals surface area (Å²) < 4.78 is 4.88. The number of hydrogen-bond acceptors (Lipinski definition) is 9. The first-order chi connectivity index (χ1) is 17.0.